The van der Waals surface area contributed by atoms with Gasteiger partial charge in [-0.2, -0.15) is 5.26 Å². The minimum atomic E-state index is -3.84. The number of aryl methyl sites for hydroxylation is 2. The number of nitriles is 1. The van der Waals surface area contributed by atoms with Gasteiger partial charge in [-0.05, 0) is 37.1 Å². The van der Waals surface area contributed by atoms with Gasteiger partial charge in [-0.1, -0.05) is 50.6 Å². The zero-order chi connectivity index (χ0) is 22.3. The first-order valence-corrected chi connectivity index (χ1v) is 9.35. The van der Waals surface area contributed by atoms with Crippen molar-refractivity contribution in [1.82, 2.24) is 5.32 Å². The first kappa shape index (κ1) is 21.3. The van der Waals surface area contributed by atoms with E-state index in [0.29, 0.717) is 16.8 Å². The third-order valence-corrected chi connectivity index (χ3v) is 4.67. The molecule has 0 spiro atoms. The van der Waals surface area contributed by atoms with Gasteiger partial charge in [0.15, 0.2) is 11.5 Å². The lowest BCUT2D eigenvalue weighted by Crippen LogP contribution is -2.32. The molecule has 1 aliphatic heterocycles. The maximum Gasteiger partial charge on any atom is 0.586 e. The Morgan fingerprint density at radius 1 is 1.10 bits per heavy atom. The number of halogens is 2. The molecule has 1 aliphatic rings. The molecular weight excluding hydrogens is 390 g/mol. The summed E-state index contributed by atoms with van der Waals surface area (Å²) in [5.74, 6) is -1.22. The van der Waals surface area contributed by atoms with Crippen LogP contribution in [-0.4, -0.2) is 12.2 Å². The van der Waals surface area contributed by atoms with Crippen LogP contribution in [0.5, 0.6) is 11.5 Å². The summed E-state index contributed by atoms with van der Waals surface area (Å²) >= 11 is 0. The fourth-order valence-corrected chi connectivity index (χ4v) is 3.30. The average Bonchev–Trinajstić information content (AvgIpc) is 2.95. The summed E-state index contributed by atoms with van der Waals surface area (Å²) in [5, 5.41) is 12.7. The van der Waals surface area contributed by atoms with Crippen LogP contribution < -0.4 is 14.8 Å². The molecule has 0 unspecified atom stereocenters. The van der Waals surface area contributed by atoms with Crippen molar-refractivity contribution in [3.8, 4) is 17.6 Å². The van der Waals surface area contributed by atoms with E-state index in [1.165, 1.54) is 18.2 Å². The molecular formula is C23H22F2N2O3. The number of benzene rings is 2. The SMILES string of the molecule is Cc1ccc(C(C#N)=C(NC(=O)c2cccc3c2OC(F)(F)O3)C(C)(C)C)c(C)c1. The van der Waals surface area contributed by atoms with Crippen LogP contribution in [0.4, 0.5) is 8.78 Å². The summed E-state index contributed by atoms with van der Waals surface area (Å²) in [6.07, 6.45) is -3.84. The van der Waals surface area contributed by atoms with E-state index in [9.17, 15) is 18.8 Å². The Morgan fingerprint density at radius 3 is 2.40 bits per heavy atom. The van der Waals surface area contributed by atoms with Gasteiger partial charge in [0.25, 0.3) is 5.91 Å². The largest absolute Gasteiger partial charge is 0.586 e. The molecule has 156 valence electrons. The highest BCUT2D eigenvalue weighted by atomic mass is 19.3. The average molecular weight is 412 g/mol. The number of allylic oxidation sites excluding steroid dienone is 2. The van der Waals surface area contributed by atoms with Gasteiger partial charge in [-0.15, -0.1) is 8.78 Å². The van der Waals surface area contributed by atoms with E-state index in [4.69, 9.17) is 0 Å². The third-order valence-electron chi connectivity index (χ3n) is 4.67. The minimum Gasteiger partial charge on any atom is -0.395 e. The van der Waals surface area contributed by atoms with Gasteiger partial charge in [0, 0.05) is 11.1 Å². The topological polar surface area (TPSA) is 71.4 Å². The van der Waals surface area contributed by atoms with Crippen LogP contribution in [0.25, 0.3) is 5.57 Å². The molecule has 0 radical (unpaired) electrons. The third kappa shape index (κ3) is 4.13. The molecule has 0 aliphatic carbocycles. The van der Waals surface area contributed by atoms with Crippen molar-refractivity contribution >= 4 is 11.5 Å². The van der Waals surface area contributed by atoms with Gasteiger partial charge < -0.3 is 14.8 Å². The number of ether oxygens (including phenoxy) is 2. The molecule has 30 heavy (non-hydrogen) atoms. The van der Waals surface area contributed by atoms with E-state index in [1.54, 1.807) is 0 Å². The summed E-state index contributed by atoms with van der Waals surface area (Å²) in [6, 6.07) is 12.0. The van der Waals surface area contributed by atoms with E-state index < -0.39 is 17.6 Å². The maximum absolute atomic E-state index is 13.5. The zero-order valence-electron chi connectivity index (χ0n) is 17.4. The van der Waals surface area contributed by atoms with E-state index >= 15 is 0 Å². The molecule has 3 rings (SSSR count). The molecule has 0 atom stereocenters. The Bertz CT molecular complexity index is 1090. The van der Waals surface area contributed by atoms with Crippen LogP contribution >= 0.6 is 0 Å². The molecule has 0 bridgehead atoms. The smallest absolute Gasteiger partial charge is 0.395 e. The van der Waals surface area contributed by atoms with E-state index in [0.717, 1.165) is 11.1 Å². The molecule has 1 N–H and O–H groups in total. The lowest BCUT2D eigenvalue weighted by Gasteiger charge is -2.26. The molecule has 0 saturated carbocycles. The number of para-hydroxylation sites is 1. The Morgan fingerprint density at radius 2 is 1.80 bits per heavy atom. The predicted octanol–water partition coefficient (Wildman–Crippen LogP) is 5.34. The number of nitrogens with zero attached hydrogens (tertiary/aromatic N) is 1. The van der Waals surface area contributed by atoms with Gasteiger partial charge in [-0.25, -0.2) is 0 Å². The Balaban J connectivity index is 2.08. The molecule has 7 heteroatoms. The molecule has 2 aromatic rings. The summed E-state index contributed by atoms with van der Waals surface area (Å²) in [4.78, 5) is 13.0. The highest BCUT2D eigenvalue weighted by molar-refractivity contribution is 6.00. The molecule has 0 aromatic heterocycles. The number of alkyl halides is 2. The number of fused-ring (bicyclic) bond motifs is 1. The predicted molar refractivity (Wildman–Crippen MR) is 108 cm³/mol. The van der Waals surface area contributed by atoms with Gasteiger partial charge in [0.2, 0.25) is 0 Å². The quantitative estimate of drug-likeness (QED) is 0.691. The van der Waals surface area contributed by atoms with Gasteiger partial charge in [0.1, 0.15) is 6.07 Å². The van der Waals surface area contributed by atoms with Crippen molar-refractivity contribution in [1.29, 1.82) is 5.26 Å². The number of carbonyl (C=O) groups is 1. The zero-order valence-corrected chi connectivity index (χ0v) is 17.4. The summed E-state index contributed by atoms with van der Waals surface area (Å²) in [5.41, 5.74) is 2.60. The lowest BCUT2D eigenvalue weighted by atomic mass is 9.85. The molecule has 1 heterocycles. The van der Waals surface area contributed by atoms with Crippen molar-refractivity contribution in [2.45, 2.75) is 40.9 Å². The number of amides is 1. The second kappa shape index (κ2) is 7.45. The van der Waals surface area contributed by atoms with Crippen LogP contribution in [0, 0.1) is 30.6 Å². The molecule has 0 saturated heterocycles. The van der Waals surface area contributed by atoms with Crippen LogP contribution in [-0.2, 0) is 0 Å². The second-order valence-electron chi connectivity index (χ2n) is 8.18. The van der Waals surface area contributed by atoms with Crippen LogP contribution in [0.1, 0.15) is 47.8 Å². The van der Waals surface area contributed by atoms with E-state index in [1.807, 2.05) is 52.8 Å². The first-order chi connectivity index (χ1) is 13.9. The number of carbonyl (C=O) groups excluding carboxylic acids is 1. The van der Waals surface area contributed by atoms with Crippen LogP contribution in [0.3, 0.4) is 0 Å². The highest BCUT2D eigenvalue weighted by Gasteiger charge is 2.45. The number of rotatable bonds is 3. The molecule has 1 amide bonds. The molecule has 2 aromatic carbocycles. The number of hydrogen-bond acceptors (Lipinski definition) is 4. The molecule has 0 fully saturated rings. The molecule has 5 nitrogen and oxygen atoms in total. The van der Waals surface area contributed by atoms with Crippen molar-refractivity contribution in [2.75, 3.05) is 0 Å². The standard InChI is InChI=1S/C23H22F2N2O3/c1-13-9-10-15(14(2)11-13)17(12-26)20(22(3,4)5)27-21(28)16-7-6-8-18-19(16)30-23(24,25)29-18/h6-11H,1-5H3,(H,27,28). The second-order valence-corrected chi connectivity index (χ2v) is 8.18. The van der Waals surface area contributed by atoms with Gasteiger partial charge >= 0.3 is 6.29 Å². The normalized spacial score (nSPS) is 15.3. The van der Waals surface area contributed by atoms with Crippen LogP contribution in [0.2, 0.25) is 0 Å². The van der Waals surface area contributed by atoms with Crippen LogP contribution in [0.15, 0.2) is 42.1 Å². The van der Waals surface area contributed by atoms with Crippen molar-refractivity contribution < 1.29 is 23.0 Å². The lowest BCUT2D eigenvalue weighted by molar-refractivity contribution is -0.286. The summed E-state index contributed by atoms with van der Waals surface area (Å²) in [6.45, 7) is 9.40. The number of hydrogen-bond donors (Lipinski definition) is 1. The van der Waals surface area contributed by atoms with E-state index in [2.05, 4.69) is 20.9 Å². The number of nitrogens with one attached hydrogen (secondary N) is 1. The summed E-state index contributed by atoms with van der Waals surface area (Å²) in [7, 11) is 0. The Hall–Kier alpha value is -3.40. The van der Waals surface area contributed by atoms with E-state index in [-0.39, 0.29) is 17.1 Å². The first-order valence-electron chi connectivity index (χ1n) is 9.35. The van der Waals surface area contributed by atoms with Crippen molar-refractivity contribution in [2.24, 2.45) is 5.41 Å². The Labute approximate surface area is 173 Å². The Kier molecular flexibility index (Phi) is 5.29. The van der Waals surface area contributed by atoms with Gasteiger partial charge in [0.05, 0.1) is 11.1 Å². The summed E-state index contributed by atoms with van der Waals surface area (Å²) < 4.78 is 35.9. The monoisotopic (exact) mass is 412 g/mol. The fraction of sp³-hybridized carbons (Fsp3) is 0.304. The minimum absolute atomic E-state index is 0.107. The maximum atomic E-state index is 13.5. The van der Waals surface area contributed by atoms with Crippen molar-refractivity contribution in [3.05, 3.63) is 64.3 Å². The van der Waals surface area contributed by atoms with Gasteiger partial charge in [-0.3, -0.25) is 4.79 Å². The highest BCUT2D eigenvalue weighted by Crippen LogP contribution is 2.43. The fourth-order valence-electron chi connectivity index (χ4n) is 3.30. The van der Waals surface area contributed by atoms with Crippen molar-refractivity contribution in [3.63, 3.8) is 0 Å².